The van der Waals surface area contributed by atoms with Crippen LogP contribution in [0, 0.1) is 10.1 Å². The molecule has 1 aliphatic heterocycles. The van der Waals surface area contributed by atoms with Crippen LogP contribution >= 0.6 is 0 Å². The summed E-state index contributed by atoms with van der Waals surface area (Å²) >= 11 is 0. The van der Waals surface area contributed by atoms with Gasteiger partial charge < -0.3 is 19.0 Å². The van der Waals surface area contributed by atoms with Gasteiger partial charge in [0.25, 0.3) is 5.91 Å². The molecule has 0 saturated carbocycles. The fourth-order valence-corrected chi connectivity index (χ4v) is 2.59. The molecule has 0 aliphatic carbocycles. The third-order valence-electron chi connectivity index (χ3n) is 3.94. The number of ketones is 1. The zero-order valence-corrected chi connectivity index (χ0v) is 13.6. The van der Waals surface area contributed by atoms with E-state index >= 15 is 0 Å². The number of hydrogen-bond donors (Lipinski definition) is 1. The zero-order chi connectivity index (χ0) is 18.7. The number of likely N-dealkylation sites (tertiary alicyclic amines) is 1. The molecule has 0 spiro atoms. The van der Waals surface area contributed by atoms with Crippen molar-refractivity contribution in [1.29, 1.82) is 0 Å². The summed E-state index contributed by atoms with van der Waals surface area (Å²) < 4.78 is 9.49. The standard InChI is InChI=1S/C16H15N3O7/c20-12(9-25-16(22)13-3-4-14(26-13)19(23)24)10-7-11(17-8-10)15(21)18-5-1-2-6-18/h3-4,7-8,17H,1-2,5-6,9H2. The van der Waals surface area contributed by atoms with Gasteiger partial charge in [0, 0.05) is 24.8 Å². The van der Waals surface area contributed by atoms with Crippen LogP contribution in [0.2, 0.25) is 0 Å². The number of nitrogens with zero attached hydrogens (tertiary/aromatic N) is 2. The molecular weight excluding hydrogens is 346 g/mol. The average molecular weight is 361 g/mol. The van der Waals surface area contributed by atoms with Gasteiger partial charge in [0.1, 0.15) is 10.6 Å². The van der Waals surface area contributed by atoms with Gasteiger partial charge in [0.15, 0.2) is 6.61 Å². The Hall–Kier alpha value is -3.43. The highest BCUT2D eigenvalue weighted by atomic mass is 16.7. The van der Waals surface area contributed by atoms with Crippen LogP contribution in [0.3, 0.4) is 0 Å². The highest BCUT2D eigenvalue weighted by molar-refractivity contribution is 6.01. The van der Waals surface area contributed by atoms with E-state index in [9.17, 15) is 24.5 Å². The van der Waals surface area contributed by atoms with E-state index in [1.165, 1.54) is 12.3 Å². The summed E-state index contributed by atoms with van der Waals surface area (Å²) in [5.74, 6) is -2.66. The predicted molar refractivity (Wildman–Crippen MR) is 85.9 cm³/mol. The summed E-state index contributed by atoms with van der Waals surface area (Å²) in [7, 11) is 0. The van der Waals surface area contributed by atoms with Gasteiger partial charge >= 0.3 is 11.9 Å². The molecule has 1 fully saturated rings. The number of carbonyl (C=O) groups is 3. The molecule has 1 N–H and O–H groups in total. The molecule has 1 amide bonds. The first-order chi connectivity index (χ1) is 12.5. The minimum atomic E-state index is -0.990. The monoisotopic (exact) mass is 361 g/mol. The number of carbonyl (C=O) groups excluding carboxylic acids is 3. The first-order valence-electron chi connectivity index (χ1n) is 7.88. The average Bonchev–Trinajstić information content (AvgIpc) is 3.39. The van der Waals surface area contributed by atoms with E-state index in [0.29, 0.717) is 18.8 Å². The van der Waals surface area contributed by atoms with E-state index in [1.54, 1.807) is 4.90 Å². The molecule has 1 saturated heterocycles. The number of H-pyrrole nitrogens is 1. The summed E-state index contributed by atoms with van der Waals surface area (Å²) in [6.07, 6.45) is 3.29. The SMILES string of the molecule is O=C(COC(=O)c1ccc([N+](=O)[O-])o1)c1c[nH]c(C(=O)N2CCCC2)c1. The van der Waals surface area contributed by atoms with Crippen LogP contribution in [0.4, 0.5) is 5.88 Å². The Bertz CT molecular complexity index is 861. The second-order valence-corrected chi connectivity index (χ2v) is 5.70. The highest BCUT2D eigenvalue weighted by Crippen LogP contribution is 2.17. The molecule has 2 aromatic heterocycles. The Morgan fingerprint density at radius 3 is 2.65 bits per heavy atom. The van der Waals surface area contributed by atoms with E-state index in [2.05, 4.69) is 4.98 Å². The van der Waals surface area contributed by atoms with Crippen LogP contribution in [0.1, 0.15) is 44.2 Å². The molecule has 3 rings (SSSR count). The number of nitro groups is 1. The number of aromatic amines is 1. The lowest BCUT2D eigenvalue weighted by molar-refractivity contribution is -0.402. The minimum Gasteiger partial charge on any atom is -0.451 e. The Balaban J connectivity index is 1.57. The lowest BCUT2D eigenvalue weighted by Crippen LogP contribution is -2.27. The zero-order valence-electron chi connectivity index (χ0n) is 13.6. The van der Waals surface area contributed by atoms with Crippen molar-refractivity contribution in [3.05, 3.63) is 51.5 Å². The smallest absolute Gasteiger partial charge is 0.433 e. The molecule has 136 valence electrons. The largest absolute Gasteiger partial charge is 0.451 e. The molecule has 3 heterocycles. The highest BCUT2D eigenvalue weighted by Gasteiger charge is 2.23. The van der Waals surface area contributed by atoms with E-state index < -0.39 is 29.2 Å². The van der Waals surface area contributed by atoms with Crippen molar-refractivity contribution in [2.24, 2.45) is 0 Å². The van der Waals surface area contributed by atoms with Gasteiger partial charge in [0.05, 0.1) is 6.07 Å². The number of aromatic nitrogens is 1. The number of ether oxygens (including phenoxy) is 1. The van der Waals surface area contributed by atoms with Crippen molar-refractivity contribution >= 4 is 23.5 Å². The maximum absolute atomic E-state index is 12.2. The van der Waals surface area contributed by atoms with Crippen LogP contribution in [-0.2, 0) is 4.74 Å². The Kier molecular flexibility index (Phi) is 4.83. The van der Waals surface area contributed by atoms with Crippen molar-refractivity contribution in [2.75, 3.05) is 19.7 Å². The molecule has 2 aromatic rings. The fourth-order valence-electron chi connectivity index (χ4n) is 2.59. The van der Waals surface area contributed by atoms with Crippen LogP contribution in [0.25, 0.3) is 0 Å². The Morgan fingerprint density at radius 2 is 2.00 bits per heavy atom. The molecule has 1 aliphatic rings. The van der Waals surface area contributed by atoms with E-state index in [0.717, 1.165) is 25.0 Å². The molecule has 0 unspecified atom stereocenters. The minimum absolute atomic E-state index is 0.179. The number of nitrogens with one attached hydrogen (secondary N) is 1. The maximum atomic E-state index is 12.2. The molecule has 26 heavy (non-hydrogen) atoms. The number of rotatable bonds is 6. The summed E-state index contributed by atoms with van der Waals surface area (Å²) in [6, 6.07) is 3.52. The van der Waals surface area contributed by atoms with Crippen molar-refractivity contribution in [3.63, 3.8) is 0 Å². The molecule has 0 radical (unpaired) electrons. The Morgan fingerprint density at radius 1 is 1.27 bits per heavy atom. The second-order valence-electron chi connectivity index (χ2n) is 5.70. The van der Waals surface area contributed by atoms with Gasteiger partial charge in [-0.25, -0.2) is 4.79 Å². The Labute approximate surface area is 146 Å². The lowest BCUT2D eigenvalue weighted by atomic mass is 10.2. The number of esters is 1. The van der Waals surface area contributed by atoms with Crippen LogP contribution < -0.4 is 0 Å². The van der Waals surface area contributed by atoms with Crippen molar-refractivity contribution in [1.82, 2.24) is 9.88 Å². The summed E-state index contributed by atoms with van der Waals surface area (Å²) in [6.45, 7) is 0.796. The van der Waals surface area contributed by atoms with Crippen molar-refractivity contribution in [2.45, 2.75) is 12.8 Å². The number of amides is 1. The van der Waals surface area contributed by atoms with E-state index in [1.807, 2.05) is 0 Å². The van der Waals surface area contributed by atoms with Gasteiger partial charge in [-0.3, -0.25) is 19.7 Å². The molecule has 10 nitrogen and oxygen atoms in total. The third-order valence-corrected chi connectivity index (χ3v) is 3.94. The van der Waals surface area contributed by atoms with Gasteiger partial charge in [-0.1, -0.05) is 0 Å². The van der Waals surface area contributed by atoms with Gasteiger partial charge in [-0.2, -0.15) is 0 Å². The van der Waals surface area contributed by atoms with Crippen LogP contribution in [0.5, 0.6) is 0 Å². The second kappa shape index (κ2) is 7.21. The maximum Gasteiger partial charge on any atom is 0.433 e. The normalized spacial score (nSPS) is 13.6. The van der Waals surface area contributed by atoms with Crippen molar-refractivity contribution < 1.29 is 28.5 Å². The number of hydrogen-bond acceptors (Lipinski definition) is 7. The number of Topliss-reactive ketones (excluding diaryl/α,β-unsaturated/α-hetero) is 1. The number of furan rings is 1. The van der Waals surface area contributed by atoms with E-state index in [4.69, 9.17) is 9.15 Å². The molecule has 0 atom stereocenters. The van der Waals surface area contributed by atoms with Gasteiger partial charge in [0.2, 0.25) is 11.5 Å². The van der Waals surface area contributed by atoms with Crippen LogP contribution in [0.15, 0.2) is 28.8 Å². The molecular formula is C16H15N3O7. The fraction of sp³-hybridized carbons (Fsp3) is 0.312. The van der Waals surface area contributed by atoms with E-state index in [-0.39, 0.29) is 17.2 Å². The first-order valence-corrected chi connectivity index (χ1v) is 7.88. The molecule has 0 bridgehead atoms. The predicted octanol–water partition coefficient (Wildman–Crippen LogP) is 1.79. The molecule has 0 aromatic carbocycles. The van der Waals surface area contributed by atoms with Crippen LogP contribution in [-0.4, -0.2) is 52.2 Å². The van der Waals surface area contributed by atoms with Gasteiger partial charge in [-0.05, 0) is 25.0 Å². The van der Waals surface area contributed by atoms with Gasteiger partial charge in [-0.15, -0.1) is 0 Å². The first kappa shape index (κ1) is 17.4. The quantitative estimate of drug-likeness (QED) is 0.358. The third kappa shape index (κ3) is 3.63. The summed E-state index contributed by atoms with van der Waals surface area (Å²) in [5.41, 5.74) is 0.494. The summed E-state index contributed by atoms with van der Waals surface area (Å²) in [5, 5.41) is 10.5. The topological polar surface area (TPSA) is 136 Å². The van der Waals surface area contributed by atoms with Crippen molar-refractivity contribution in [3.8, 4) is 0 Å². The lowest BCUT2D eigenvalue weighted by Gasteiger charge is -2.13. The molecule has 10 heteroatoms. The summed E-state index contributed by atoms with van der Waals surface area (Å²) in [4.78, 5) is 50.2.